The van der Waals surface area contributed by atoms with Crippen molar-refractivity contribution in [1.82, 2.24) is 14.7 Å². The number of hydrogen-bond donors (Lipinski definition) is 0. The molecule has 2 aromatic rings. The zero-order valence-electron chi connectivity index (χ0n) is 12.4. The van der Waals surface area contributed by atoms with E-state index in [0.717, 1.165) is 48.7 Å². The highest BCUT2D eigenvalue weighted by Crippen LogP contribution is 2.36. The summed E-state index contributed by atoms with van der Waals surface area (Å²) in [7, 11) is 1.85. The lowest BCUT2D eigenvalue weighted by Crippen LogP contribution is -2.28. The van der Waals surface area contributed by atoms with E-state index in [1.54, 1.807) is 4.68 Å². The Hall–Kier alpha value is -2.50. The number of hydrogen-bond acceptors (Lipinski definition) is 4. The summed E-state index contributed by atoms with van der Waals surface area (Å²) in [5.41, 5.74) is 2.35. The number of carbonyl (C=O) groups excluding carboxylic acids is 1. The fourth-order valence-electron chi connectivity index (χ4n) is 2.98. The molecule has 0 saturated carbocycles. The molecule has 114 valence electrons. The molecule has 0 aliphatic carbocycles. The Morgan fingerprint density at radius 3 is 2.73 bits per heavy atom. The predicted molar refractivity (Wildman–Crippen MR) is 79.9 cm³/mol. The number of carbonyl (C=O) groups is 1. The van der Waals surface area contributed by atoms with Crippen LogP contribution in [0.3, 0.4) is 0 Å². The molecule has 1 fully saturated rings. The summed E-state index contributed by atoms with van der Waals surface area (Å²) < 4.78 is 12.5. The molecule has 0 N–H and O–H groups in total. The summed E-state index contributed by atoms with van der Waals surface area (Å²) in [6.07, 6.45) is 2.15. The van der Waals surface area contributed by atoms with Crippen molar-refractivity contribution in [3.05, 3.63) is 30.0 Å². The molecule has 1 amide bonds. The molecule has 0 radical (unpaired) electrons. The van der Waals surface area contributed by atoms with E-state index in [-0.39, 0.29) is 12.7 Å². The van der Waals surface area contributed by atoms with Crippen molar-refractivity contribution >= 4 is 5.91 Å². The van der Waals surface area contributed by atoms with E-state index in [1.165, 1.54) is 0 Å². The average Bonchev–Trinajstić information content (AvgIpc) is 3.26. The van der Waals surface area contributed by atoms with Crippen LogP contribution in [0.2, 0.25) is 0 Å². The molecule has 22 heavy (non-hydrogen) atoms. The highest BCUT2D eigenvalue weighted by molar-refractivity contribution is 5.93. The van der Waals surface area contributed by atoms with Gasteiger partial charge in [-0.1, -0.05) is 0 Å². The highest BCUT2D eigenvalue weighted by Gasteiger charge is 2.23. The van der Waals surface area contributed by atoms with Crippen molar-refractivity contribution in [1.29, 1.82) is 0 Å². The summed E-state index contributed by atoms with van der Waals surface area (Å²) in [4.78, 5) is 14.3. The molecule has 1 aromatic carbocycles. The van der Waals surface area contributed by atoms with Gasteiger partial charge in [-0.05, 0) is 37.1 Å². The molecule has 3 heterocycles. The van der Waals surface area contributed by atoms with Crippen molar-refractivity contribution < 1.29 is 14.3 Å². The van der Waals surface area contributed by atoms with Gasteiger partial charge in [-0.3, -0.25) is 9.48 Å². The number of nitrogens with zero attached hydrogens (tertiary/aromatic N) is 3. The Kier molecular flexibility index (Phi) is 3.03. The lowest BCUT2D eigenvalue weighted by atomic mass is 10.1. The number of rotatable bonds is 2. The lowest BCUT2D eigenvalue weighted by molar-refractivity contribution is 0.0786. The van der Waals surface area contributed by atoms with E-state index >= 15 is 0 Å². The monoisotopic (exact) mass is 299 g/mol. The quantitative estimate of drug-likeness (QED) is 0.851. The van der Waals surface area contributed by atoms with Crippen LogP contribution >= 0.6 is 0 Å². The Bertz CT molecular complexity index is 732. The second-order valence-corrected chi connectivity index (χ2v) is 5.61. The largest absolute Gasteiger partial charge is 0.454 e. The molecular formula is C16H17N3O3. The Labute approximate surface area is 128 Å². The van der Waals surface area contributed by atoms with E-state index in [9.17, 15) is 4.79 Å². The van der Waals surface area contributed by atoms with Gasteiger partial charge in [0.05, 0.1) is 5.69 Å². The molecular weight excluding hydrogens is 282 g/mol. The fourth-order valence-corrected chi connectivity index (χ4v) is 2.98. The van der Waals surface area contributed by atoms with Crippen molar-refractivity contribution in [3.8, 4) is 22.8 Å². The normalized spacial score (nSPS) is 16.3. The van der Waals surface area contributed by atoms with E-state index in [1.807, 2.05) is 36.2 Å². The zero-order chi connectivity index (χ0) is 15.1. The molecule has 0 atom stereocenters. The maximum atomic E-state index is 12.4. The smallest absolute Gasteiger partial charge is 0.274 e. The number of benzene rings is 1. The molecule has 6 heteroatoms. The van der Waals surface area contributed by atoms with Gasteiger partial charge in [0.2, 0.25) is 6.79 Å². The van der Waals surface area contributed by atoms with Gasteiger partial charge in [-0.15, -0.1) is 0 Å². The minimum absolute atomic E-state index is 0.0140. The molecule has 0 spiro atoms. The Balaban J connectivity index is 1.66. The van der Waals surface area contributed by atoms with Crippen LogP contribution in [0.25, 0.3) is 11.3 Å². The standard InChI is InChI=1S/C16H17N3O3/c1-18-13(11-4-5-14-15(8-11)22-10-21-14)9-12(17-18)16(20)19-6-2-3-7-19/h4-5,8-9H,2-3,6-7,10H2,1H3. The first-order chi connectivity index (χ1) is 10.7. The van der Waals surface area contributed by atoms with Crippen LogP contribution in [0.15, 0.2) is 24.3 Å². The van der Waals surface area contributed by atoms with E-state index < -0.39 is 0 Å². The second kappa shape index (κ2) is 5.05. The summed E-state index contributed by atoms with van der Waals surface area (Å²) in [6.45, 7) is 1.91. The van der Waals surface area contributed by atoms with Crippen molar-refractivity contribution in [3.63, 3.8) is 0 Å². The van der Waals surface area contributed by atoms with Gasteiger partial charge < -0.3 is 14.4 Å². The van der Waals surface area contributed by atoms with Gasteiger partial charge in [0, 0.05) is 25.7 Å². The highest BCUT2D eigenvalue weighted by atomic mass is 16.7. The minimum atomic E-state index is 0.0140. The van der Waals surface area contributed by atoms with Gasteiger partial charge in [0.1, 0.15) is 0 Å². The van der Waals surface area contributed by atoms with E-state index in [4.69, 9.17) is 9.47 Å². The lowest BCUT2D eigenvalue weighted by Gasteiger charge is -2.12. The number of amides is 1. The van der Waals surface area contributed by atoms with Crippen LogP contribution in [-0.2, 0) is 7.05 Å². The first kappa shape index (κ1) is 13.2. The van der Waals surface area contributed by atoms with Crippen LogP contribution < -0.4 is 9.47 Å². The molecule has 2 aliphatic rings. The number of aryl methyl sites for hydroxylation is 1. The van der Waals surface area contributed by atoms with Crippen LogP contribution in [0.1, 0.15) is 23.3 Å². The third-order valence-corrected chi connectivity index (χ3v) is 4.16. The third-order valence-electron chi connectivity index (χ3n) is 4.16. The van der Waals surface area contributed by atoms with Gasteiger partial charge in [0.15, 0.2) is 17.2 Å². The van der Waals surface area contributed by atoms with Gasteiger partial charge >= 0.3 is 0 Å². The summed E-state index contributed by atoms with van der Waals surface area (Å²) in [5, 5.41) is 4.38. The molecule has 6 nitrogen and oxygen atoms in total. The van der Waals surface area contributed by atoms with Crippen LogP contribution in [0, 0.1) is 0 Å². The zero-order valence-corrected chi connectivity index (χ0v) is 12.4. The number of ether oxygens (including phenoxy) is 2. The topological polar surface area (TPSA) is 56.6 Å². The van der Waals surface area contributed by atoms with Gasteiger partial charge in [-0.25, -0.2) is 0 Å². The number of fused-ring (bicyclic) bond motifs is 1. The number of likely N-dealkylation sites (tertiary alicyclic amines) is 1. The fraction of sp³-hybridized carbons (Fsp3) is 0.375. The molecule has 1 saturated heterocycles. The van der Waals surface area contributed by atoms with Crippen LogP contribution in [0.4, 0.5) is 0 Å². The SMILES string of the molecule is Cn1nc(C(=O)N2CCCC2)cc1-c1ccc2c(c1)OCO2. The summed E-state index contributed by atoms with van der Waals surface area (Å²) in [5.74, 6) is 1.49. The van der Waals surface area contributed by atoms with Crippen LogP contribution in [-0.4, -0.2) is 40.5 Å². The first-order valence-corrected chi connectivity index (χ1v) is 7.46. The van der Waals surface area contributed by atoms with Crippen molar-refractivity contribution in [2.75, 3.05) is 19.9 Å². The van der Waals surface area contributed by atoms with Crippen molar-refractivity contribution in [2.24, 2.45) is 7.05 Å². The van der Waals surface area contributed by atoms with Crippen molar-refractivity contribution in [2.45, 2.75) is 12.8 Å². The van der Waals surface area contributed by atoms with E-state index in [0.29, 0.717) is 5.69 Å². The van der Waals surface area contributed by atoms with Crippen LogP contribution in [0.5, 0.6) is 11.5 Å². The maximum absolute atomic E-state index is 12.4. The number of aromatic nitrogens is 2. The van der Waals surface area contributed by atoms with E-state index in [2.05, 4.69) is 5.10 Å². The second-order valence-electron chi connectivity index (χ2n) is 5.61. The first-order valence-electron chi connectivity index (χ1n) is 7.46. The third kappa shape index (κ3) is 2.11. The molecule has 1 aromatic heterocycles. The predicted octanol–water partition coefficient (Wildman–Crippen LogP) is 2.05. The Morgan fingerprint density at radius 1 is 1.14 bits per heavy atom. The molecule has 4 rings (SSSR count). The Morgan fingerprint density at radius 2 is 1.91 bits per heavy atom. The molecule has 0 bridgehead atoms. The summed E-state index contributed by atoms with van der Waals surface area (Å²) in [6, 6.07) is 7.60. The maximum Gasteiger partial charge on any atom is 0.274 e. The average molecular weight is 299 g/mol. The van der Waals surface area contributed by atoms with Gasteiger partial charge in [0.25, 0.3) is 5.91 Å². The molecule has 0 unspecified atom stereocenters. The van der Waals surface area contributed by atoms with Gasteiger partial charge in [-0.2, -0.15) is 5.10 Å². The molecule has 2 aliphatic heterocycles. The minimum Gasteiger partial charge on any atom is -0.454 e. The summed E-state index contributed by atoms with van der Waals surface area (Å²) >= 11 is 0.